The minimum absolute atomic E-state index is 0.442. The van der Waals surface area contributed by atoms with Crippen molar-refractivity contribution in [2.75, 3.05) is 6.61 Å². The molecule has 2 rings (SSSR count). The number of carboxylic acids is 1. The topological polar surface area (TPSA) is 138 Å². The second-order valence-electron chi connectivity index (χ2n) is 3.58. The Morgan fingerprint density at radius 3 is 2.65 bits per heavy atom. The van der Waals surface area contributed by atoms with Crippen LogP contribution in [0.15, 0.2) is 6.33 Å². The van der Waals surface area contributed by atoms with Crippen LogP contribution < -0.4 is 0 Å². The number of ether oxygens (including phenoxy) is 1. The highest BCUT2D eigenvalue weighted by Crippen LogP contribution is 2.28. The molecule has 0 bridgehead atoms. The van der Waals surface area contributed by atoms with Crippen LogP contribution in [0.4, 0.5) is 0 Å². The second-order valence-corrected chi connectivity index (χ2v) is 3.58. The zero-order valence-corrected chi connectivity index (χ0v) is 8.54. The summed E-state index contributed by atoms with van der Waals surface area (Å²) < 4.78 is 6.12. The predicted octanol–water partition coefficient (Wildman–Crippen LogP) is -2.41. The summed E-state index contributed by atoms with van der Waals surface area (Å²) in [4.78, 5) is 14.1. The molecule has 1 aromatic heterocycles. The summed E-state index contributed by atoms with van der Waals surface area (Å²) in [6, 6.07) is 0. The molecule has 0 saturated carbocycles. The molecular formula is C8H11N3O6. The van der Waals surface area contributed by atoms with Gasteiger partial charge in [0.25, 0.3) is 5.82 Å². The van der Waals surface area contributed by atoms with Crippen molar-refractivity contribution in [2.24, 2.45) is 0 Å². The Balaban J connectivity index is 2.19. The Labute approximate surface area is 94.9 Å². The van der Waals surface area contributed by atoms with Gasteiger partial charge in [-0.1, -0.05) is 0 Å². The first-order valence-electron chi connectivity index (χ1n) is 4.81. The van der Waals surface area contributed by atoms with Gasteiger partial charge in [0.15, 0.2) is 6.23 Å². The number of carboxylic acid groups (broad SMARTS) is 1. The van der Waals surface area contributed by atoms with Crippen molar-refractivity contribution >= 4 is 5.97 Å². The van der Waals surface area contributed by atoms with Crippen LogP contribution >= 0.6 is 0 Å². The molecule has 0 amide bonds. The van der Waals surface area contributed by atoms with Crippen molar-refractivity contribution in [3.05, 3.63) is 12.2 Å². The molecule has 2 heterocycles. The third kappa shape index (κ3) is 2.00. The van der Waals surface area contributed by atoms with Gasteiger partial charge in [0.2, 0.25) is 0 Å². The smallest absolute Gasteiger partial charge is 0.375 e. The number of aromatic carboxylic acids is 1. The maximum atomic E-state index is 10.6. The third-order valence-electron chi connectivity index (χ3n) is 2.48. The standard InChI is InChI=1S/C8H11N3O6/c12-1-3-4(13)5(14)7(17-3)11-2-9-6(10-11)8(15)16/h2-5,7,12-14H,1H2,(H,15,16). The van der Waals surface area contributed by atoms with Crippen LogP contribution in [-0.4, -0.2) is 66.1 Å². The number of aromatic nitrogens is 3. The van der Waals surface area contributed by atoms with E-state index in [2.05, 4.69) is 10.1 Å². The first kappa shape index (κ1) is 11.9. The van der Waals surface area contributed by atoms with E-state index in [-0.39, 0.29) is 0 Å². The molecule has 0 aromatic carbocycles. The van der Waals surface area contributed by atoms with Gasteiger partial charge in [0, 0.05) is 0 Å². The van der Waals surface area contributed by atoms with Gasteiger partial charge < -0.3 is 25.2 Å². The van der Waals surface area contributed by atoms with E-state index in [0.717, 1.165) is 11.0 Å². The second kappa shape index (κ2) is 4.37. The highest BCUT2D eigenvalue weighted by molar-refractivity contribution is 5.82. The summed E-state index contributed by atoms with van der Waals surface area (Å²) in [6.07, 6.45) is -3.50. The van der Waals surface area contributed by atoms with Crippen LogP contribution in [0, 0.1) is 0 Å². The van der Waals surface area contributed by atoms with Crippen molar-refractivity contribution in [1.82, 2.24) is 14.8 Å². The van der Waals surface area contributed by atoms with Crippen molar-refractivity contribution in [3.63, 3.8) is 0 Å². The molecule has 1 aliphatic heterocycles. The SMILES string of the molecule is O=C(O)c1ncn(C2OC(CO)C(O)C2O)n1. The molecule has 9 nitrogen and oxygen atoms in total. The molecule has 0 aliphatic carbocycles. The molecule has 0 radical (unpaired) electrons. The highest BCUT2D eigenvalue weighted by atomic mass is 16.6. The Hall–Kier alpha value is -1.55. The van der Waals surface area contributed by atoms with Crippen molar-refractivity contribution < 1.29 is 30.0 Å². The van der Waals surface area contributed by atoms with Gasteiger partial charge in [-0.25, -0.2) is 14.5 Å². The van der Waals surface area contributed by atoms with Gasteiger partial charge in [-0.3, -0.25) is 0 Å². The number of nitrogens with zero attached hydrogens (tertiary/aromatic N) is 3. The van der Waals surface area contributed by atoms with Gasteiger partial charge in [0.1, 0.15) is 24.6 Å². The van der Waals surface area contributed by atoms with Gasteiger partial charge in [0.05, 0.1) is 6.61 Å². The van der Waals surface area contributed by atoms with Crippen LogP contribution in [0.2, 0.25) is 0 Å². The predicted molar refractivity (Wildman–Crippen MR) is 50.0 cm³/mol. The third-order valence-corrected chi connectivity index (χ3v) is 2.48. The van der Waals surface area contributed by atoms with Crippen LogP contribution in [0.3, 0.4) is 0 Å². The van der Waals surface area contributed by atoms with Gasteiger partial charge >= 0.3 is 5.97 Å². The largest absolute Gasteiger partial charge is 0.475 e. The molecule has 1 saturated heterocycles. The fraction of sp³-hybridized carbons (Fsp3) is 0.625. The van der Waals surface area contributed by atoms with E-state index in [1.54, 1.807) is 0 Å². The van der Waals surface area contributed by atoms with Crippen molar-refractivity contribution in [1.29, 1.82) is 0 Å². The van der Waals surface area contributed by atoms with Crippen LogP contribution in [0.25, 0.3) is 0 Å². The lowest BCUT2D eigenvalue weighted by atomic mass is 10.1. The molecule has 94 valence electrons. The molecule has 1 fully saturated rings. The lowest BCUT2D eigenvalue weighted by Gasteiger charge is -2.13. The molecule has 9 heteroatoms. The van der Waals surface area contributed by atoms with Gasteiger partial charge in [-0.2, -0.15) is 0 Å². The Morgan fingerprint density at radius 1 is 1.47 bits per heavy atom. The molecule has 1 aromatic rings. The van der Waals surface area contributed by atoms with Crippen molar-refractivity contribution in [2.45, 2.75) is 24.5 Å². The Bertz CT molecular complexity index is 421. The molecule has 1 aliphatic rings. The quantitative estimate of drug-likeness (QED) is 0.462. The zero-order chi connectivity index (χ0) is 12.6. The van der Waals surface area contributed by atoms with Crippen molar-refractivity contribution in [3.8, 4) is 0 Å². The van der Waals surface area contributed by atoms with Gasteiger partial charge in [-0.05, 0) is 0 Å². The average Bonchev–Trinajstić information content (AvgIpc) is 2.87. The minimum atomic E-state index is -1.31. The first-order valence-corrected chi connectivity index (χ1v) is 4.81. The maximum absolute atomic E-state index is 10.6. The lowest BCUT2D eigenvalue weighted by Crippen LogP contribution is -2.33. The minimum Gasteiger partial charge on any atom is -0.475 e. The van der Waals surface area contributed by atoms with E-state index in [1.807, 2.05) is 0 Å². The number of hydrogen-bond acceptors (Lipinski definition) is 7. The van der Waals surface area contributed by atoms with E-state index < -0.39 is 42.9 Å². The molecular weight excluding hydrogens is 234 g/mol. The number of aliphatic hydroxyl groups is 3. The molecule has 17 heavy (non-hydrogen) atoms. The Morgan fingerprint density at radius 2 is 2.18 bits per heavy atom. The fourth-order valence-corrected chi connectivity index (χ4v) is 1.59. The summed E-state index contributed by atoms with van der Waals surface area (Å²) in [5.74, 6) is -1.75. The first-order chi connectivity index (χ1) is 8.04. The highest BCUT2D eigenvalue weighted by Gasteiger charge is 2.44. The molecule has 4 atom stereocenters. The fourth-order valence-electron chi connectivity index (χ4n) is 1.59. The molecule has 4 unspecified atom stereocenters. The summed E-state index contributed by atoms with van der Waals surface area (Å²) in [5.41, 5.74) is 0. The zero-order valence-electron chi connectivity index (χ0n) is 8.54. The van der Waals surface area contributed by atoms with Crippen LogP contribution in [0.1, 0.15) is 16.8 Å². The monoisotopic (exact) mass is 245 g/mol. The van der Waals surface area contributed by atoms with E-state index in [9.17, 15) is 15.0 Å². The van der Waals surface area contributed by atoms with E-state index in [0.29, 0.717) is 0 Å². The van der Waals surface area contributed by atoms with Crippen LogP contribution in [0.5, 0.6) is 0 Å². The van der Waals surface area contributed by atoms with E-state index in [4.69, 9.17) is 14.9 Å². The summed E-state index contributed by atoms with van der Waals surface area (Å²) in [7, 11) is 0. The number of aliphatic hydroxyl groups excluding tert-OH is 3. The summed E-state index contributed by atoms with van der Waals surface area (Å²) in [5, 5.41) is 40.2. The van der Waals surface area contributed by atoms with E-state index >= 15 is 0 Å². The molecule has 4 N–H and O–H groups in total. The normalized spacial score (nSPS) is 32.9. The summed E-state index contributed by atoms with van der Waals surface area (Å²) >= 11 is 0. The number of carbonyl (C=O) groups is 1. The number of rotatable bonds is 3. The lowest BCUT2D eigenvalue weighted by molar-refractivity contribution is -0.0589. The Kier molecular flexibility index (Phi) is 3.07. The van der Waals surface area contributed by atoms with E-state index in [1.165, 1.54) is 0 Å². The maximum Gasteiger partial charge on any atom is 0.375 e. The average molecular weight is 245 g/mol. The summed E-state index contributed by atoms with van der Waals surface area (Å²) in [6.45, 7) is -0.463. The number of hydrogen-bond donors (Lipinski definition) is 4. The molecule has 0 spiro atoms. The van der Waals surface area contributed by atoms with Crippen LogP contribution in [-0.2, 0) is 4.74 Å². The van der Waals surface area contributed by atoms with Gasteiger partial charge in [-0.15, -0.1) is 5.10 Å².